The first-order valence-electron chi connectivity index (χ1n) is 6.01. The minimum absolute atomic E-state index is 0.216. The number of alkyl halides is 3. The highest BCUT2D eigenvalue weighted by Gasteiger charge is 2.33. The number of hydrogen-bond donors (Lipinski definition) is 1. The minimum atomic E-state index is -4.33. The maximum atomic E-state index is 12.9. The van der Waals surface area contributed by atoms with Crippen LogP contribution in [-0.2, 0) is 12.6 Å². The van der Waals surface area contributed by atoms with E-state index in [-0.39, 0.29) is 18.5 Å². The van der Waals surface area contributed by atoms with Gasteiger partial charge in [-0.25, -0.2) is 0 Å². The molecule has 0 aliphatic rings. The maximum Gasteiger partial charge on any atom is 0.416 e. The predicted octanol–water partition coefficient (Wildman–Crippen LogP) is 3.05. The van der Waals surface area contributed by atoms with Crippen LogP contribution in [0.5, 0.6) is 0 Å². The van der Waals surface area contributed by atoms with E-state index >= 15 is 0 Å². The van der Waals surface area contributed by atoms with E-state index in [0.717, 1.165) is 13.0 Å². The molecule has 0 aliphatic carbocycles. The van der Waals surface area contributed by atoms with Crippen LogP contribution < -0.4 is 10.6 Å². The van der Waals surface area contributed by atoms with Gasteiger partial charge in [-0.15, -0.1) is 0 Å². The summed E-state index contributed by atoms with van der Waals surface area (Å²) in [5, 5.41) is 0. The topological polar surface area (TPSA) is 29.3 Å². The van der Waals surface area contributed by atoms with Gasteiger partial charge in [-0.2, -0.15) is 13.2 Å². The van der Waals surface area contributed by atoms with E-state index in [4.69, 9.17) is 5.73 Å². The van der Waals surface area contributed by atoms with Crippen molar-refractivity contribution < 1.29 is 13.2 Å². The summed E-state index contributed by atoms with van der Waals surface area (Å²) in [7, 11) is 1.79. The highest BCUT2D eigenvalue weighted by molar-refractivity contribution is 5.51. The van der Waals surface area contributed by atoms with Crippen LogP contribution in [0, 0.1) is 0 Å². The molecule has 0 bridgehead atoms. The number of nitrogens with two attached hydrogens (primary N) is 1. The number of anilines is 1. The Hall–Kier alpha value is -1.23. The molecule has 0 amide bonds. The molecule has 1 aromatic carbocycles. The zero-order valence-corrected chi connectivity index (χ0v) is 10.7. The van der Waals surface area contributed by atoms with E-state index in [2.05, 4.69) is 0 Å². The van der Waals surface area contributed by atoms with Crippen molar-refractivity contribution in [3.05, 3.63) is 29.3 Å². The summed E-state index contributed by atoms with van der Waals surface area (Å²) < 4.78 is 38.8. The Kier molecular flexibility index (Phi) is 5.02. The molecule has 0 aromatic heterocycles. The fourth-order valence-corrected chi connectivity index (χ4v) is 1.90. The summed E-state index contributed by atoms with van der Waals surface area (Å²) >= 11 is 0. The van der Waals surface area contributed by atoms with Gasteiger partial charge >= 0.3 is 6.18 Å². The van der Waals surface area contributed by atoms with E-state index in [9.17, 15) is 13.2 Å². The van der Waals surface area contributed by atoms with Gasteiger partial charge < -0.3 is 10.6 Å². The quantitative estimate of drug-likeness (QED) is 0.881. The Morgan fingerprint density at radius 3 is 2.44 bits per heavy atom. The zero-order valence-electron chi connectivity index (χ0n) is 10.7. The standard InChI is InChI=1S/C13H19F3N2/c1-3-8-18(2)11-5-4-10(6-7-17)12(9-11)13(14,15)16/h4-5,9H,3,6-8,17H2,1-2H3. The molecular formula is C13H19F3N2. The molecule has 0 heterocycles. The highest BCUT2D eigenvalue weighted by Crippen LogP contribution is 2.34. The third-order valence-corrected chi connectivity index (χ3v) is 2.81. The fraction of sp³-hybridized carbons (Fsp3) is 0.538. The number of nitrogens with zero attached hydrogens (tertiary/aromatic N) is 1. The molecule has 0 radical (unpaired) electrons. The maximum absolute atomic E-state index is 12.9. The predicted molar refractivity (Wildman–Crippen MR) is 67.8 cm³/mol. The third kappa shape index (κ3) is 3.63. The molecule has 0 aliphatic heterocycles. The summed E-state index contributed by atoms with van der Waals surface area (Å²) in [6.45, 7) is 2.94. The lowest BCUT2D eigenvalue weighted by Gasteiger charge is -2.21. The molecule has 0 atom stereocenters. The highest BCUT2D eigenvalue weighted by atomic mass is 19.4. The Balaban J connectivity index is 3.13. The van der Waals surface area contributed by atoms with E-state index in [0.29, 0.717) is 5.69 Å². The van der Waals surface area contributed by atoms with Crippen LogP contribution in [0.25, 0.3) is 0 Å². The smallest absolute Gasteiger partial charge is 0.375 e. The number of benzene rings is 1. The van der Waals surface area contributed by atoms with Crippen molar-refractivity contribution in [2.75, 3.05) is 25.0 Å². The Bertz CT molecular complexity index is 388. The summed E-state index contributed by atoms with van der Waals surface area (Å²) in [5.74, 6) is 0. The first kappa shape index (κ1) is 14.8. The van der Waals surface area contributed by atoms with Gasteiger partial charge in [-0.05, 0) is 37.1 Å². The first-order valence-corrected chi connectivity index (χ1v) is 6.01. The molecule has 5 heteroatoms. The van der Waals surface area contributed by atoms with Crippen molar-refractivity contribution in [1.29, 1.82) is 0 Å². The second-order valence-electron chi connectivity index (χ2n) is 4.30. The molecule has 18 heavy (non-hydrogen) atoms. The number of hydrogen-bond acceptors (Lipinski definition) is 2. The summed E-state index contributed by atoms with van der Waals surface area (Å²) in [4.78, 5) is 1.82. The van der Waals surface area contributed by atoms with Crippen LogP contribution in [0.2, 0.25) is 0 Å². The number of halogens is 3. The van der Waals surface area contributed by atoms with Crippen molar-refractivity contribution in [1.82, 2.24) is 0 Å². The molecule has 0 unspecified atom stereocenters. The average molecular weight is 260 g/mol. The molecule has 0 saturated heterocycles. The number of rotatable bonds is 5. The van der Waals surface area contributed by atoms with E-state index < -0.39 is 11.7 Å². The van der Waals surface area contributed by atoms with Crippen LogP contribution in [0.3, 0.4) is 0 Å². The average Bonchev–Trinajstić information content (AvgIpc) is 2.28. The Labute approximate surface area is 106 Å². The van der Waals surface area contributed by atoms with Crippen molar-refractivity contribution in [2.45, 2.75) is 25.9 Å². The molecular weight excluding hydrogens is 241 g/mol. The molecule has 0 fully saturated rings. The second-order valence-corrected chi connectivity index (χ2v) is 4.30. The van der Waals surface area contributed by atoms with Gasteiger partial charge in [0.15, 0.2) is 0 Å². The molecule has 0 saturated carbocycles. The van der Waals surface area contributed by atoms with Gasteiger partial charge in [-0.3, -0.25) is 0 Å². The van der Waals surface area contributed by atoms with Gasteiger partial charge in [0.2, 0.25) is 0 Å². The molecule has 2 nitrogen and oxygen atoms in total. The third-order valence-electron chi connectivity index (χ3n) is 2.81. The first-order chi connectivity index (χ1) is 8.40. The monoisotopic (exact) mass is 260 g/mol. The molecule has 1 rings (SSSR count). The van der Waals surface area contributed by atoms with Gasteiger partial charge in [-0.1, -0.05) is 13.0 Å². The van der Waals surface area contributed by atoms with Crippen molar-refractivity contribution in [3.63, 3.8) is 0 Å². The minimum Gasteiger partial charge on any atom is -0.375 e. The molecule has 0 spiro atoms. The SMILES string of the molecule is CCCN(C)c1ccc(CCN)c(C(F)(F)F)c1. The van der Waals surface area contributed by atoms with Gasteiger partial charge in [0.1, 0.15) is 0 Å². The van der Waals surface area contributed by atoms with Crippen LogP contribution in [-0.4, -0.2) is 20.1 Å². The van der Waals surface area contributed by atoms with Crippen LogP contribution in [0.1, 0.15) is 24.5 Å². The zero-order chi connectivity index (χ0) is 13.8. The van der Waals surface area contributed by atoms with Crippen LogP contribution in [0.4, 0.5) is 18.9 Å². The Morgan fingerprint density at radius 2 is 1.94 bits per heavy atom. The van der Waals surface area contributed by atoms with Crippen molar-refractivity contribution in [3.8, 4) is 0 Å². The van der Waals surface area contributed by atoms with Gasteiger partial charge in [0.25, 0.3) is 0 Å². The Morgan fingerprint density at radius 1 is 1.28 bits per heavy atom. The largest absolute Gasteiger partial charge is 0.416 e. The lowest BCUT2D eigenvalue weighted by atomic mass is 10.0. The molecule has 1 aromatic rings. The summed E-state index contributed by atoms with van der Waals surface area (Å²) in [6.07, 6.45) is -3.19. The molecule has 2 N–H and O–H groups in total. The second kappa shape index (κ2) is 6.09. The normalized spacial score (nSPS) is 11.7. The van der Waals surface area contributed by atoms with Gasteiger partial charge in [0.05, 0.1) is 5.56 Å². The van der Waals surface area contributed by atoms with E-state index in [1.165, 1.54) is 12.1 Å². The lowest BCUT2D eigenvalue weighted by Crippen LogP contribution is -2.19. The van der Waals surface area contributed by atoms with E-state index in [1.807, 2.05) is 11.8 Å². The van der Waals surface area contributed by atoms with Crippen molar-refractivity contribution >= 4 is 5.69 Å². The van der Waals surface area contributed by atoms with Gasteiger partial charge in [0, 0.05) is 19.3 Å². The van der Waals surface area contributed by atoms with E-state index in [1.54, 1.807) is 13.1 Å². The lowest BCUT2D eigenvalue weighted by molar-refractivity contribution is -0.138. The van der Waals surface area contributed by atoms with Crippen LogP contribution >= 0.6 is 0 Å². The summed E-state index contributed by atoms with van der Waals surface area (Å²) in [5.41, 5.74) is 5.62. The van der Waals surface area contributed by atoms with Crippen LogP contribution in [0.15, 0.2) is 18.2 Å². The fourth-order valence-electron chi connectivity index (χ4n) is 1.90. The summed E-state index contributed by atoms with van der Waals surface area (Å²) in [6, 6.07) is 4.45. The van der Waals surface area contributed by atoms with Crippen molar-refractivity contribution in [2.24, 2.45) is 5.73 Å². The molecule has 102 valence electrons.